The molecule has 1 unspecified atom stereocenters. The van der Waals surface area contributed by atoms with E-state index >= 15 is 0 Å². The van der Waals surface area contributed by atoms with E-state index in [0.29, 0.717) is 37.2 Å². The number of halogens is 1. The van der Waals surface area contributed by atoms with Crippen LogP contribution in [0.5, 0.6) is 0 Å². The molecule has 1 saturated heterocycles. The Balaban J connectivity index is 1.94. The van der Waals surface area contributed by atoms with Crippen molar-refractivity contribution < 1.29 is 19.8 Å². The van der Waals surface area contributed by atoms with E-state index in [2.05, 4.69) is 4.90 Å². The standard InChI is InChI=1S/C23H24ClNO4/c24-19-9-7-17(8-10-19)13-23(20(15-26)21(27)22(28)29)11-4-12-25(16-23)14-18-5-2-1-3-6-18/h1-3,5-10,15,26H,4,11-14,16H2,(H,28,29). The highest BCUT2D eigenvalue weighted by molar-refractivity contribution is 6.40. The summed E-state index contributed by atoms with van der Waals surface area (Å²) in [7, 11) is 0. The number of Topliss-reactive ketones (excluding diaryl/α,β-unsaturated/α-hetero) is 1. The number of carboxylic acid groups (broad SMARTS) is 1. The maximum atomic E-state index is 12.4. The zero-order valence-corrected chi connectivity index (χ0v) is 16.8. The van der Waals surface area contributed by atoms with Crippen LogP contribution >= 0.6 is 11.6 Å². The minimum atomic E-state index is -1.55. The molecule has 5 nitrogen and oxygen atoms in total. The number of likely N-dealkylation sites (tertiary alicyclic amines) is 1. The van der Waals surface area contributed by atoms with Crippen LogP contribution in [-0.2, 0) is 22.6 Å². The van der Waals surface area contributed by atoms with Crippen LogP contribution in [0, 0.1) is 5.41 Å². The van der Waals surface area contributed by atoms with Gasteiger partial charge in [0.05, 0.1) is 6.26 Å². The predicted molar refractivity (Wildman–Crippen MR) is 112 cm³/mol. The summed E-state index contributed by atoms with van der Waals surface area (Å²) in [5.41, 5.74) is 1.26. The lowest BCUT2D eigenvalue weighted by Crippen LogP contribution is -2.47. The van der Waals surface area contributed by atoms with Crippen LogP contribution in [0.3, 0.4) is 0 Å². The van der Waals surface area contributed by atoms with Gasteiger partial charge in [-0.05, 0) is 49.1 Å². The van der Waals surface area contributed by atoms with Gasteiger partial charge < -0.3 is 10.2 Å². The van der Waals surface area contributed by atoms with E-state index in [1.54, 1.807) is 12.1 Å². The van der Waals surface area contributed by atoms with Crippen molar-refractivity contribution >= 4 is 23.4 Å². The van der Waals surface area contributed by atoms with Gasteiger partial charge in [-0.25, -0.2) is 4.79 Å². The first-order chi connectivity index (χ1) is 13.9. The van der Waals surface area contributed by atoms with E-state index in [9.17, 15) is 19.8 Å². The number of carbonyl (C=O) groups excluding carboxylic acids is 1. The molecule has 0 radical (unpaired) electrons. The van der Waals surface area contributed by atoms with Crippen LogP contribution < -0.4 is 0 Å². The van der Waals surface area contributed by atoms with Crippen molar-refractivity contribution in [2.45, 2.75) is 25.8 Å². The van der Waals surface area contributed by atoms with Gasteiger partial charge in [0, 0.05) is 29.1 Å². The molecule has 1 aliphatic heterocycles. The molecule has 0 aliphatic carbocycles. The van der Waals surface area contributed by atoms with Gasteiger partial charge >= 0.3 is 5.97 Å². The van der Waals surface area contributed by atoms with Gasteiger partial charge in [0.1, 0.15) is 0 Å². The summed E-state index contributed by atoms with van der Waals surface area (Å²) in [5.74, 6) is -2.61. The van der Waals surface area contributed by atoms with Crippen LogP contribution in [-0.4, -0.2) is 40.0 Å². The number of ketones is 1. The van der Waals surface area contributed by atoms with Gasteiger partial charge in [0.15, 0.2) is 0 Å². The largest absolute Gasteiger partial charge is 0.515 e. The summed E-state index contributed by atoms with van der Waals surface area (Å²) in [5, 5.41) is 19.8. The van der Waals surface area contributed by atoms with Gasteiger partial charge in [-0.2, -0.15) is 0 Å². The van der Waals surface area contributed by atoms with E-state index in [1.807, 2.05) is 42.5 Å². The van der Waals surface area contributed by atoms with Gasteiger partial charge in [-0.3, -0.25) is 9.69 Å². The summed E-state index contributed by atoms with van der Waals surface area (Å²) >= 11 is 5.99. The Kier molecular flexibility index (Phi) is 6.72. The number of nitrogens with zero attached hydrogens (tertiary/aromatic N) is 1. The highest BCUT2D eigenvalue weighted by atomic mass is 35.5. The fraction of sp³-hybridized carbons (Fsp3) is 0.304. The zero-order valence-electron chi connectivity index (χ0n) is 16.1. The second kappa shape index (κ2) is 9.25. The molecule has 1 atom stereocenters. The number of carbonyl (C=O) groups is 2. The van der Waals surface area contributed by atoms with Crippen LogP contribution in [0.2, 0.25) is 5.02 Å². The van der Waals surface area contributed by atoms with Crippen molar-refractivity contribution in [3.63, 3.8) is 0 Å². The Morgan fingerprint density at radius 1 is 1.07 bits per heavy atom. The third kappa shape index (κ3) is 5.05. The van der Waals surface area contributed by atoms with E-state index in [0.717, 1.165) is 24.1 Å². The van der Waals surface area contributed by atoms with Crippen LogP contribution in [0.1, 0.15) is 24.0 Å². The third-order valence-corrected chi connectivity index (χ3v) is 5.75. The lowest BCUT2D eigenvalue weighted by atomic mass is 9.68. The van der Waals surface area contributed by atoms with Crippen molar-refractivity contribution in [1.29, 1.82) is 0 Å². The summed E-state index contributed by atoms with van der Waals surface area (Å²) in [4.78, 5) is 26.1. The molecule has 0 bridgehead atoms. The molecule has 0 spiro atoms. The first kappa shape index (κ1) is 21.1. The number of hydrogen-bond acceptors (Lipinski definition) is 4. The van der Waals surface area contributed by atoms with Crippen molar-refractivity contribution in [1.82, 2.24) is 4.90 Å². The smallest absolute Gasteiger partial charge is 0.377 e. The Hall–Kier alpha value is -2.63. The second-order valence-corrected chi connectivity index (χ2v) is 8.00. The second-order valence-electron chi connectivity index (χ2n) is 7.56. The quantitative estimate of drug-likeness (QED) is 0.403. The molecule has 1 aliphatic rings. The Bertz CT molecular complexity index is 895. The lowest BCUT2D eigenvalue weighted by molar-refractivity contribution is -0.148. The van der Waals surface area contributed by atoms with Crippen LogP contribution in [0.25, 0.3) is 0 Å². The van der Waals surface area contributed by atoms with E-state index in [-0.39, 0.29) is 5.57 Å². The van der Waals surface area contributed by atoms with Crippen molar-refractivity contribution in [2.75, 3.05) is 13.1 Å². The molecule has 152 valence electrons. The normalized spacial score (nSPS) is 20.4. The van der Waals surface area contributed by atoms with Crippen molar-refractivity contribution in [3.05, 3.63) is 82.6 Å². The number of aliphatic carboxylic acids is 1. The number of rotatable bonds is 7. The molecular formula is C23H24ClNO4. The molecule has 2 aromatic rings. The van der Waals surface area contributed by atoms with Crippen LogP contribution in [0.4, 0.5) is 0 Å². The number of piperidine rings is 1. The van der Waals surface area contributed by atoms with Crippen LogP contribution in [0.15, 0.2) is 66.4 Å². The Labute approximate surface area is 175 Å². The molecule has 2 aromatic carbocycles. The summed E-state index contributed by atoms with van der Waals surface area (Å²) < 4.78 is 0. The minimum Gasteiger partial charge on any atom is -0.515 e. The third-order valence-electron chi connectivity index (χ3n) is 5.50. The topological polar surface area (TPSA) is 77.8 Å². The number of aliphatic hydroxyl groups is 1. The van der Waals surface area contributed by atoms with Gasteiger partial charge in [0.25, 0.3) is 5.78 Å². The van der Waals surface area contributed by atoms with Crippen molar-refractivity contribution in [2.24, 2.45) is 5.41 Å². The number of aliphatic hydroxyl groups excluding tert-OH is 1. The fourth-order valence-corrected chi connectivity index (χ4v) is 4.33. The first-order valence-corrected chi connectivity index (χ1v) is 9.94. The van der Waals surface area contributed by atoms with Gasteiger partial charge in [-0.1, -0.05) is 54.1 Å². The fourth-order valence-electron chi connectivity index (χ4n) is 4.21. The Morgan fingerprint density at radius 2 is 1.76 bits per heavy atom. The molecule has 2 N–H and O–H groups in total. The molecule has 1 fully saturated rings. The molecular weight excluding hydrogens is 390 g/mol. The molecule has 0 aromatic heterocycles. The van der Waals surface area contributed by atoms with Gasteiger partial charge in [0.2, 0.25) is 0 Å². The number of carboxylic acids is 1. The average Bonchev–Trinajstić information content (AvgIpc) is 2.71. The maximum absolute atomic E-state index is 12.4. The molecule has 0 amide bonds. The van der Waals surface area contributed by atoms with Crippen molar-refractivity contribution in [3.8, 4) is 0 Å². The predicted octanol–water partition coefficient (Wildman–Crippen LogP) is 4.26. The molecule has 29 heavy (non-hydrogen) atoms. The van der Waals surface area contributed by atoms with Gasteiger partial charge in [-0.15, -0.1) is 0 Å². The summed E-state index contributed by atoms with van der Waals surface area (Å²) in [6, 6.07) is 17.3. The number of hydrogen-bond donors (Lipinski definition) is 2. The molecule has 0 saturated carbocycles. The van der Waals surface area contributed by atoms with E-state index in [1.165, 1.54) is 0 Å². The number of benzene rings is 2. The summed E-state index contributed by atoms with van der Waals surface area (Å²) in [6.45, 7) is 2.02. The van der Waals surface area contributed by atoms with E-state index < -0.39 is 17.2 Å². The molecule has 6 heteroatoms. The first-order valence-electron chi connectivity index (χ1n) is 9.57. The average molecular weight is 414 g/mol. The highest BCUT2D eigenvalue weighted by Gasteiger charge is 2.43. The highest BCUT2D eigenvalue weighted by Crippen LogP contribution is 2.41. The maximum Gasteiger partial charge on any atom is 0.377 e. The zero-order chi connectivity index (χ0) is 20.9. The Morgan fingerprint density at radius 3 is 2.38 bits per heavy atom. The van der Waals surface area contributed by atoms with E-state index in [4.69, 9.17) is 11.6 Å². The lowest BCUT2D eigenvalue weighted by Gasteiger charge is -2.43. The SMILES string of the molecule is O=C(O)C(=O)C(=CO)C1(Cc2ccc(Cl)cc2)CCCN(Cc2ccccc2)C1. The molecule has 1 heterocycles. The minimum absolute atomic E-state index is 0.0438. The summed E-state index contributed by atoms with van der Waals surface area (Å²) in [6.07, 6.45) is 2.55. The molecule has 3 rings (SSSR count). The monoisotopic (exact) mass is 413 g/mol.